The van der Waals surface area contributed by atoms with Gasteiger partial charge in [-0.1, -0.05) is 23.9 Å². The van der Waals surface area contributed by atoms with Crippen LogP contribution in [0.3, 0.4) is 0 Å². The molecular formula is C15H19N5OS. The highest BCUT2D eigenvalue weighted by atomic mass is 32.2. The molecule has 0 bridgehead atoms. The summed E-state index contributed by atoms with van der Waals surface area (Å²) in [5.41, 5.74) is 2.97. The number of benzene rings is 1. The van der Waals surface area contributed by atoms with Crippen LogP contribution >= 0.6 is 11.8 Å². The van der Waals surface area contributed by atoms with Crippen LogP contribution in [0, 0.1) is 0 Å². The summed E-state index contributed by atoms with van der Waals surface area (Å²) in [6.07, 6.45) is 3.52. The van der Waals surface area contributed by atoms with Crippen LogP contribution < -0.4 is 5.32 Å². The van der Waals surface area contributed by atoms with E-state index in [1.807, 2.05) is 36.4 Å². The van der Waals surface area contributed by atoms with Crippen molar-refractivity contribution in [3.63, 3.8) is 0 Å². The lowest BCUT2D eigenvalue weighted by Gasteiger charge is -2.09. The second-order valence-corrected chi connectivity index (χ2v) is 5.65. The summed E-state index contributed by atoms with van der Waals surface area (Å²) in [5, 5.41) is 10.6. The third-order valence-electron chi connectivity index (χ3n) is 3.02. The fourth-order valence-corrected chi connectivity index (χ4v) is 2.68. The molecule has 3 aromatic rings. The van der Waals surface area contributed by atoms with Crippen molar-refractivity contribution in [2.45, 2.75) is 5.16 Å². The number of rotatable bonds is 5. The number of aryl methyl sites for hydroxylation is 1. The third kappa shape index (κ3) is 3.56. The van der Waals surface area contributed by atoms with E-state index in [0.717, 1.165) is 22.0 Å². The normalized spacial score (nSPS) is 10.6. The molecule has 0 atom stereocenters. The highest BCUT2D eigenvalue weighted by Crippen LogP contribution is 2.21. The van der Waals surface area contributed by atoms with Crippen LogP contribution in [0.4, 0.5) is 5.69 Å². The molecule has 3 rings (SSSR count). The molecule has 0 saturated heterocycles. The number of aromatic amines is 1. The number of anilines is 1. The molecule has 0 unspecified atom stereocenters. The van der Waals surface area contributed by atoms with Crippen molar-refractivity contribution < 1.29 is 7.65 Å². The minimum atomic E-state index is -0.0549. The SMILES string of the molecule is Cn1nc(SCC(=O)Nc2ccc(-c3ccncc3)cc2)[nH]1.[HH].[HH]. The summed E-state index contributed by atoms with van der Waals surface area (Å²) < 4.78 is 0. The highest BCUT2D eigenvalue weighted by Gasteiger charge is 2.07. The van der Waals surface area contributed by atoms with Crippen LogP contribution in [0.1, 0.15) is 2.85 Å². The molecule has 0 fully saturated rings. The monoisotopic (exact) mass is 317 g/mol. The molecule has 0 aliphatic heterocycles. The molecule has 0 aliphatic carbocycles. The van der Waals surface area contributed by atoms with E-state index in [0.29, 0.717) is 5.75 Å². The lowest BCUT2D eigenvalue weighted by molar-refractivity contribution is -0.113. The standard InChI is InChI=1S/C15H15N5OS.2H2/c1-20-18-15(19-20)22-10-14(21)17-13-4-2-11(3-5-13)12-6-8-16-9-7-12;;/h2-9H,10H2,1H3,(H,17,21)(H,18,19);2*1H. The van der Waals surface area contributed by atoms with Crippen LogP contribution in [-0.4, -0.2) is 31.6 Å². The number of hydrogen-bond donors (Lipinski definition) is 2. The molecule has 116 valence electrons. The van der Waals surface area contributed by atoms with Gasteiger partial charge >= 0.3 is 0 Å². The van der Waals surface area contributed by atoms with E-state index in [1.165, 1.54) is 11.8 Å². The number of nitrogens with zero attached hydrogens (tertiary/aromatic N) is 3. The minimum absolute atomic E-state index is 0. The van der Waals surface area contributed by atoms with Gasteiger partial charge in [-0.25, -0.2) is 4.80 Å². The van der Waals surface area contributed by atoms with E-state index in [-0.39, 0.29) is 8.76 Å². The summed E-state index contributed by atoms with van der Waals surface area (Å²) in [5.74, 6) is 0.270. The molecule has 6 nitrogen and oxygen atoms in total. The van der Waals surface area contributed by atoms with Crippen molar-refractivity contribution in [2.75, 3.05) is 11.1 Å². The average molecular weight is 317 g/mol. The Bertz CT molecular complexity index is 746. The number of pyridine rings is 1. The lowest BCUT2D eigenvalue weighted by Crippen LogP contribution is -2.17. The summed E-state index contributed by atoms with van der Waals surface area (Å²) in [6, 6.07) is 11.6. The third-order valence-corrected chi connectivity index (χ3v) is 3.87. The van der Waals surface area contributed by atoms with Crippen molar-refractivity contribution in [3.05, 3.63) is 48.8 Å². The fraction of sp³-hybridized carbons (Fsp3) is 0.133. The van der Waals surface area contributed by atoms with Gasteiger partial charge in [0.05, 0.1) is 5.75 Å². The van der Waals surface area contributed by atoms with Crippen molar-refractivity contribution in [3.8, 4) is 11.1 Å². The quantitative estimate of drug-likeness (QED) is 0.709. The van der Waals surface area contributed by atoms with Gasteiger partial charge in [0.15, 0.2) is 0 Å². The summed E-state index contributed by atoms with van der Waals surface area (Å²) >= 11 is 1.37. The van der Waals surface area contributed by atoms with E-state index < -0.39 is 0 Å². The van der Waals surface area contributed by atoms with E-state index in [9.17, 15) is 4.79 Å². The summed E-state index contributed by atoms with van der Waals surface area (Å²) in [7, 11) is 1.80. The Morgan fingerprint density at radius 3 is 2.50 bits per heavy atom. The van der Waals surface area contributed by atoms with Crippen LogP contribution in [0.25, 0.3) is 11.1 Å². The van der Waals surface area contributed by atoms with Crippen molar-refractivity contribution >= 4 is 23.4 Å². The Morgan fingerprint density at radius 2 is 1.86 bits per heavy atom. The number of hydrogen-bond acceptors (Lipinski definition) is 4. The molecule has 0 radical (unpaired) electrons. The number of carbonyl (C=O) groups is 1. The zero-order chi connectivity index (χ0) is 15.4. The molecule has 0 spiro atoms. The van der Waals surface area contributed by atoms with Crippen molar-refractivity contribution in [1.29, 1.82) is 0 Å². The molecule has 22 heavy (non-hydrogen) atoms. The van der Waals surface area contributed by atoms with Gasteiger partial charge in [0, 0.05) is 28.0 Å². The van der Waals surface area contributed by atoms with Gasteiger partial charge in [-0.2, -0.15) is 0 Å². The zero-order valence-electron chi connectivity index (χ0n) is 12.0. The van der Waals surface area contributed by atoms with Crippen LogP contribution in [-0.2, 0) is 11.8 Å². The second kappa shape index (κ2) is 6.48. The Balaban J connectivity index is 0.00000144. The average Bonchev–Trinajstić information content (AvgIpc) is 2.52. The number of aromatic nitrogens is 4. The molecular weight excluding hydrogens is 298 g/mol. The lowest BCUT2D eigenvalue weighted by atomic mass is 10.1. The van der Waals surface area contributed by atoms with E-state index >= 15 is 0 Å². The Kier molecular flexibility index (Phi) is 4.24. The second-order valence-electron chi connectivity index (χ2n) is 4.69. The molecule has 2 N–H and O–H groups in total. The van der Waals surface area contributed by atoms with E-state index in [1.54, 1.807) is 24.2 Å². The van der Waals surface area contributed by atoms with Gasteiger partial charge < -0.3 is 5.32 Å². The number of nitrogens with one attached hydrogen (secondary N) is 2. The molecule has 1 amide bonds. The fourth-order valence-electron chi connectivity index (χ4n) is 1.96. The van der Waals surface area contributed by atoms with Gasteiger partial charge in [0.2, 0.25) is 11.1 Å². The number of carbonyl (C=O) groups excluding carboxylic acids is 1. The highest BCUT2D eigenvalue weighted by molar-refractivity contribution is 7.99. The maximum Gasteiger partial charge on any atom is 0.234 e. The molecule has 1 aromatic carbocycles. The molecule has 7 heteroatoms. The number of H-pyrrole nitrogens is 1. The predicted octanol–water partition coefficient (Wildman–Crippen LogP) is 3.03. The van der Waals surface area contributed by atoms with Crippen molar-refractivity contribution in [2.24, 2.45) is 7.05 Å². The first kappa shape index (κ1) is 14.4. The number of thioether (sulfide) groups is 1. The maximum atomic E-state index is 11.9. The van der Waals surface area contributed by atoms with Crippen LogP contribution in [0.2, 0.25) is 0 Å². The largest absolute Gasteiger partial charge is 0.325 e. The van der Waals surface area contributed by atoms with E-state index in [2.05, 4.69) is 20.5 Å². The smallest absolute Gasteiger partial charge is 0.234 e. The van der Waals surface area contributed by atoms with Gasteiger partial charge in [0.1, 0.15) is 0 Å². The predicted molar refractivity (Wildman–Crippen MR) is 90.8 cm³/mol. The summed E-state index contributed by atoms with van der Waals surface area (Å²) in [4.78, 5) is 17.5. The van der Waals surface area contributed by atoms with Crippen LogP contribution in [0.5, 0.6) is 0 Å². The van der Waals surface area contributed by atoms with E-state index in [4.69, 9.17) is 0 Å². The first-order valence-electron chi connectivity index (χ1n) is 6.73. The molecule has 0 saturated carbocycles. The first-order valence-corrected chi connectivity index (χ1v) is 7.71. The topological polar surface area (TPSA) is 75.6 Å². The van der Waals surface area contributed by atoms with Gasteiger partial charge in [-0.05, 0) is 35.4 Å². The molecule has 2 aromatic heterocycles. The number of amides is 1. The maximum absolute atomic E-state index is 11.9. The minimum Gasteiger partial charge on any atom is -0.325 e. The Morgan fingerprint density at radius 1 is 1.23 bits per heavy atom. The first-order chi connectivity index (χ1) is 10.7. The Hall–Kier alpha value is -2.54. The zero-order valence-corrected chi connectivity index (χ0v) is 12.8. The summed E-state index contributed by atoms with van der Waals surface area (Å²) in [6.45, 7) is 0. The molecule has 0 aliphatic rings. The Labute approximate surface area is 134 Å². The van der Waals surface area contributed by atoms with Crippen molar-refractivity contribution in [1.82, 2.24) is 20.0 Å². The van der Waals surface area contributed by atoms with Gasteiger partial charge in [-0.3, -0.25) is 14.9 Å². The van der Waals surface area contributed by atoms with Gasteiger partial charge in [-0.15, -0.1) is 5.10 Å². The van der Waals surface area contributed by atoms with Gasteiger partial charge in [0.25, 0.3) is 0 Å². The van der Waals surface area contributed by atoms with Crippen LogP contribution in [0.15, 0.2) is 53.9 Å². The molecule has 2 heterocycles.